The topological polar surface area (TPSA) is 29.3 Å². The highest BCUT2D eigenvalue weighted by Gasteiger charge is 2.26. The fourth-order valence-corrected chi connectivity index (χ4v) is 1.28. The molecule has 0 aromatic rings. The first-order valence-electron chi connectivity index (χ1n) is 3.63. The second-order valence-corrected chi connectivity index (χ2v) is 3.24. The molecular formula is C7H16N2. The van der Waals surface area contributed by atoms with E-state index in [9.17, 15) is 0 Å². The summed E-state index contributed by atoms with van der Waals surface area (Å²) in [4.78, 5) is 2.23. The smallest absolute Gasteiger partial charge is 0.0655 e. The van der Waals surface area contributed by atoms with Gasteiger partial charge in [-0.1, -0.05) is 0 Å². The summed E-state index contributed by atoms with van der Waals surface area (Å²) >= 11 is 0. The molecule has 0 amide bonds. The summed E-state index contributed by atoms with van der Waals surface area (Å²) in [5, 5.41) is 0. The highest BCUT2D eigenvalue weighted by Crippen LogP contribution is 2.20. The molecule has 0 aromatic heterocycles. The number of hydrogen-bond acceptors (Lipinski definition) is 2. The normalized spacial score (nSPS) is 39.0. The Labute approximate surface area is 57.0 Å². The highest BCUT2D eigenvalue weighted by molar-refractivity contribution is 4.81. The quantitative estimate of drug-likeness (QED) is 0.522. The fourth-order valence-electron chi connectivity index (χ4n) is 1.28. The van der Waals surface area contributed by atoms with E-state index in [1.165, 1.54) is 12.8 Å². The molecular weight excluding hydrogens is 112 g/mol. The van der Waals surface area contributed by atoms with E-state index >= 15 is 0 Å². The van der Waals surface area contributed by atoms with Crippen molar-refractivity contribution < 1.29 is 0 Å². The molecule has 1 rings (SSSR count). The maximum absolute atomic E-state index is 5.95. The molecule has 0 bridgehead atoms. The van der Waals surface area contributed by atoms with Gasteiger partial charge in [0.1, 0.15) is 0 Å². The minimum Gasteiger partial charge on any atom is -0.313 e. The molecule has 1 aliphatic rings. The maximum Gasteiger partial charge on any atom is 0.0655 e. The van der Waals surface area contributed by atoms with Crippen molar-refractivity contribution in [3.05, 3.63) is 0 Å². The molecule has 1 saturated heterocycles. The third kappa shape index (κ3) is 1.43. The van der Waals surface area contributed by atoms with Crippen LogP contribution in [0, 0.1) is 0 Å². The molecule has 0 spiro atoms. The highest BCUT2D eigenvalue weighted by atomic mass is 15.2. The largest absolute Gasteiger partial charge is 0.313 e. The Hall–Kier alpha value is -0.0800. The van der Waals surface area contributed by atoms with Gasteiger partial charge in [-0.3, -0.25) is 4.90 Å². The fraction of sp³-hybridized carbons (Fsp3) is 1.00. The van der Waals surface area contributed by atoms with Gasteiger partial charge in [0.05, 0.1) is 5.66 Å². The molecule has 1 unspecified atom stereocenters. The summed E-state index contributed by atoms with van der Waals surface area (Å²) in [7, 11) is 2.10. The van der Waals surface area contributed by atoms with Crippen molar-refractivity contribution in [2.75, 3.05) is 13.6 Å². The summed E-state index contributed by atoms with van der Waals surface area (Å²) in [6.45, 7) is 3.26. The summed E-state index contributed by atoms with van der Waals surface area (Å²) in [5.74, 6) is 0. The van der Waals surface area contributed by atoms with Gasteiger partial charge in [-0.25, -0.2) is 0 Å². The predicted octanol–water partition coefficient (Wildman–Crippen LogP) is 0.777. The lowest BCUT2D eigenvalue weighted by Crippen LogP contribution is -2.54. The molecule has 2 nitrogen and oxygen atoms in total. The number of likely N-dealkylation sites (tertiary alicyclic amines) is 1. The van der Waals surface area contributed by atoms with Gasteiger partial charge in [0.2, 0.25) is 0 Å². The van der Waals surface area contributed by atoms with Crippen LogP contribution in [0.3, 0.4) is 0 Å². The zero-order chi connectivity index (χ0) is 6.91. The standard InChI is InChI=1S/C7H16N2/c1-7(8)5-3-4-6-9(7)2/h3-6,8H2,1-2H3. The first kappa shape index (κ1) is 7.03. The van der Waals surface area contributed by atoms with Crippen LogP contribution in [0.5, 0.6) is 0 Å². The SMILES string of the molecule is CN1CCCCC1(C)N. The van der Waals surface area contributed by atoms with Crippen molar-refractivity contribution in [1.82, 2.24) is 4.90 Å². The van der Waals surface area contributed by atoms with Crippen LogP contribution in [0.25, 0.3) is 0 Å². The number of rotatable bonds is 0. The lowest BCUT2D eigenvalue weighted by molar-refractivity contribution is 0.0963. The van der Waals surface area contributed by atoms with Gasteiger partial charge in [0, 0.05) is 0 Å². The molecule has 0 aromatic carbocycles. The van der Waals surface area contributed by atoms with Gasteiger partial charge in [-0.15, -0.1) is 0 Å². The van der Waals surface area contributed by atoms with Crippen LogP contribution >= 0.6 is 0 Å². The average molecular weight is 128 g/mol. The van der Waals surface area contributed by atoms with Crippen molar-refractivity contribution >= 4 is 0 Å². The third-order valence-corrected chi connectivity index (χ3v) is 2.30. The molecule has 0 radical (unpaired) electrons. The molecule has 54 valence electrons. The number of nitrogens with two attached hydrogens (primary N) is 1. The second kappa shape index (κ2) is 2.27. The number of piperidine rings is 1. The van der Waals surface area contributed by atoms with E-state index in [-0.39, 0.29) is 5.66 Å². The zero-order valence-corrected chi connectivity index (χ0v) is 6.35. The molecule has 1 aliphatic heterocycles. The first-order valence-corrected chi connectivity index (χ1v) is 3.63. The Morgan fingerprint density at radius 1 is 1.44 bits per heavy atom. The van der Waals surface area contributed by atoms with E-state index < -0.39 is 0 Å². The summed E-state index contributed by atoms with van der Waals surface area (Å²) in [6.07, 6.45) is 3.74. The summed E-state index contributed by atoms with van der Waals surface area (Å²) < 4.78 is 0. The van der Waals surface area contributed by atoms with Crippen LogP contribution in [-0.2, 0) is 0 Å². The van der Waals surface area contributed by atoms with Crippen molar-refractivity contribution in [2.45, 2.75) is 31.8 Å². The molecule has 1 fully saturated rings. The summed E-state index contributed by atoms with van der Waals surface area (Å²) in [6, 6.07) is 0. The molecule has 0 aliphatic carbocycles. The monoisotopic (exact) mass is 128 g/mol. The summed E-state index contributed by atoms with van der Waals surface area (Å²) in [5.41, 5.74) is 5.92. The zero-order valence-electron chi connectivity index (χ0n) is 6.35. The van der Waals surface area contributed by atoms with Crippen LogP contribution < -0.4 is 5.73 Å². The number of nitrogens with zero attached hydrogens (tertiary/aromatic N) is 1. The van der Waals surface area contributed by atoms with E-state index in [2.05, 4.69) is 18.9 Å². The first-order chi connectivity index (χ1) is 4.13. The van der Waals surface area contributed by atoms with Crippen LogP contribution in [0.15, 0.2) is 0 Å². The molecule has 1 heterocycles. The minimum absolute atomic E-state index is 0.0295. The van der Waals surface area contributed by atoms with Crippen molar-refractivity contribution in [3.63, 3.8) is 0 Å². The Morgan fingerprint density at radius 2 is 2.11 bits per heavy atom. The van der Waals surface area contributed by atoms with E-state index in [0.29, 0.717) is 0 Å². The van der Waals surface area contributed by atoms with Crippen LogP contribution in [-0.4, -0.2) is 24.2 Å². The van der Waals surface area contributed by atoms with Gasteiger partial charge in [0.15, 0.2) is 0 Å². The van der Waals surface area contributed by atoms with E-state index in [1.54, 1.807) is 0 Å². The molecule has 2 N–H and O–H groups in total. The van der Waals surface area contributed by atoms with Gasteiger partial charge in [-0.2, -0.15) is 0 Å². The molecule has 0 saturated carbocycles. The Bertz CT molecular complexity index is 99.1. The Morgan fingerprint density at radius 3 is 2.44 bits per heavy atom. The van der Waals surface area contributed by atoms with Gasteiger partial charge >= 0.3 is 0 Å². The van der Waals surface area contributed by atoms with E-state index in [0.717, 1.165) is 13.0 Å². The molecule has 9 heavy (non-hydrogen) atoms. The van der Waals surface area contributed by atoms with Gasteiger partial charge in [0.25, 0.3) is 0 Å². The third-order valence-electron chi connectivity index (χ3n) is 2.30. The minimum atomic E-state index is -0.0295. The van der Waals surface area contributed by atoms with Crippen molar-refractivity contribution in [2.24, 2.45) is 5.73 Å². The maximum atomic E-state index is 5.95. The van der Waals surface area contributed by atoms with E-state index in [1.807, 2.05) is 0 Å². The van der Waals surface area contributed by atoms with Crippen LogP contribution in [0.2, 0.25) is 0 Å². The van der Waals surface area contributed by atoms with Crippen molar-refractivity contribution in [3.8, 4) is 0 Å². The predicted molar refractivity (Wildman–Crippen MR) is 39.1 cm³/mol. The van der Waals surface area contributed by atoms with Crippen LogP contribution in [0.1, 0.15) is 26.2 Å². The van der Waals surface area contributed by atoms with Gasteiger partial charge in [-0.05, 0) is 39.8 Å². The number of hydrogen-bond donors (Lipinski definition) is 1. The molecule has 2 heteroatoms. The average Bonchev–Trinajstić information content (AvgIpc) is 1.77. The Kier molecular flexibility index (Phi) is 1.78. The van der Waals surface area contributed by atoms with Gasteiger partial charge < -0.3 is 5.73 Å². The lowest BCUT2D eigenvalue weighted by Gasteiger charge is -2.39. The lowest BCUT2D eigenvalue weighted by atomic mass is 9.99. The second-order valence-electron chi connectivity index (χ2n) is 3.24. The van der Waals surface area contributed by atoms with E-state index in [4.69, 9.17) is 5.73 Å². The molecule has 1 atom stereocenters. The van der Waals surface area contributed by atoms with Crippen molar-refractivity contribution in [1.29, 1.82) is 0 Å². The Balaban J connectivity index is 2.49. The van der Waals surface area contributed by atoms with Crippen LogP contribution in [0.4, 0.5) is 0 Å².